The SMILES string of the molecule is Cc1cc(C(C#N)N2CCN(C)CC2)c(C)s1. The number of thiophene rings is 1. The van der Waals surface area contributed by atoms with Gasteiger partial charge in [-0.05, 0) is 32.5 Å². The number of hydrogen-bond acceptors (Lipinski definition) is 4. The van der Waals surface area contributed by atoms with Gasteiger partial charge < -0.3 is 4.90 Å². The summed E-state index contributed by atoms with van der Waals surface area (Å²) in [6.07, 6.45) is 0. The molecule has 0 aliphatic carbocycles. The molecule has 0 aromatic carbocycles. The first-order valence-electron chi connectivity index (χ1n) is 6.01. The van der Waals surface area contributed by atoms with Crippen molar-refractivity contribution in [2.75, 3.05) is 33.2 Å². The fraction of sp³-hybridized carbons (Fsp3) is 0.615. The van der Waals surface area contributed by atoms with Gasteiger partial charge in [-0.3, -0.25) is 4.90 Å². The standard InChI is InChI=1S/C13H19N3S/c1-10-8-12(11(2)17-10)13(9-14)16-6-4-15(3)5-7-16/h8,13H,4-7H2,1-3H3. The lowest BCUT2D eigenvalue weighted by Gasteiger charge is -2.35. The molecule has 4 heteroatoms. The maximum Gasteiger partial charge on any atom is 0.125 e. The van der Waals surface area contributed by atoms with Crippen LogP contribution in [0.25, 0.3) is 0 Å². The molecule has 0 radical (unpaired) electrons. The Kier molecular flexibility index (Phi) is 3.82. The van der Waals surface area contributed by atoms with E-state index in [2.05, 4.69) is 42.8 Å². The Morgan fingerprint density at radius 3 is 2.41 bits per heavy atom. The van der Waals surface area contributed by atoms with E-state index in [1.165, 1.54) is 15.3 Å². The molecule has 1 atom stereocenters. The van der Waals surface area contributed by atoms with Gasteiger partial charge in [-0.25, -0.2) is 0 Å². The van der Waals surface area contributed by atoms with E-state index < -0.39 is 0 Å². The number of nitriles is 1. The van der Waals surface area contributed by atoms with Crippen molar-refractivity contribution in [3.63, 3.8) is 0 Å². The molecule has 1 aliphatic rings. The highest BCUT2D eigenvalue weighted by atomic mass is 32.1. The van der Waals surface area contributed by atoms with E-state index >= 15 is 0 Å². The van der Waals surface area contributed by atoms with Crippen molar-refractivity contribution >= 4 is 11.3 Å². The molecule has 0 amide bonds. The minimum atomic E-state index is -0.0614. The van der Waals surface area contributed by atoms with Crippen LogP contribution in [0.5, 0.6) is 0 Å². The Morgan fingerprint density at radius 2 is 1.94 bits per heavy atom. The number of likely N-dealkylation sites (N-methyl/N-ethyl adjacent to an activating group) is 1. The number of rotatable bonds is 2. The third-order valence-corrected chi connectivity index (χ3v) is 4.38. The zero-order valence-corrected chi connectivity index (χ0v) is 11.5. The summed E-state index contributed by atoms with van der Waals surface area (Å²) in [5.74, 6) is 0. The molecule has 0 N–H and O–H groups in total. The fourth-order valence-corrected chi connectivity index (χ4v) is 3.31. The third kappa shape index (κ3) is 2.68. The van der Waals surface area contributed by atoms with Crippen LogP contribution >= 0.6 is 11.3 Å². The molecule has 3 nitrogen and oxygen atoms in total. The first-order valence-corrected chi connectivity index (χ1v) is 6.82. The monoisotopic (exact) mass is 249 g/mol. The van der Waals surface area contributed by atoms with Gasteiger partial charge in [-0.2, -0.15) is 5.26 Å². The summed E-state index contributed by atoms with van der Waals surface area (Å²) in [5, 5.41) is 9.43. The topological polar surface area (TPSA) is 30.3 Å². The number of aryl methyl sites for hydroxylation is 2. The normalized spacial score (nSPS) is 20.1. The molecule has 0 saturated carbocycles. The van der Waals surface area contributed by atoms with Gasteiger partial charge in [-0.15, -0.1) is 11.3 Å². The first-order chi connectivity index (χ1) is 8.11. The van der Waals surface area contributed by atoms with Crippen molar-refractivity contribution in [2.24, 2.45) is 0 Å². The summed E-state index contributed by atoms with van der Waals surface area (Å²) in [7, 11) is 2.14. The van der Waals surface area contributed by atoms with Gasteiger partial charge in [0.15, 0.2) is 0 Å². The second-order valence-corrected chi connectivity index (χ2v) is 6.20. The van der Waals surface area contributed by atoms with Gasteiger partial charge in [0.1, 0.15) is 6.04 Å². The summed E-state index contributed by atoms with van der Waals surface area (Å²) < 4.78 is 0. The lowest BCUT2D eigenvalue weighted by Crippen LogP contribution is -2.45. The number of nitrogens with zero attached hydrogens (tertiary/aromatic N) is 3. The van der Waals surface area contributed by atoms with Gasteiger partial charge in [-0.1, -0.05) is 0 Å². The van der Waals surface area contributed by atoms with Gasteiger partial charge in [0.2, 0.25) is 0 Å². The van der Waals surface area contributed by atoms with Crippen LogP contribution in [-0.4, -0.2) is 43.0 Å². The van der Waals surface area contributed by atoms with E-state index in [4.69, 9.17) is 0 Å². The van der Waals surface area contributed by atoms with Crippen molar-refractivity contribution in [3.05, 3.63) is 21.4 Å². The van der Waals surface area contributed by atoms with Crippen molar-refractivity contribution in [2.45, 2.75) is 19.9 Å². The molecule has 17 heavy (non-hydrogen) atoms. The highest BCUT2D eigenvalue weighted by molar-refractivity contribution is 7.12. The maximum absolute atomic E-state index is 9.43. The molecule has 1 aliphatic heterocycles. The second-order valence-electron chi connectivity index (χ2n) is 4.74. The summed E-state index contributed by atoms with van der Waals surface area (Å²) in [5.41, 5.74) is 1.21. The zero-order valence-electron chi connectivity index (χ0n) is 10.7. The van der Waals surface area contributed by atoms with Crippen LogP contribution in [0.3, 0.4) is 0 Å². The molecular formula is C13H19N3S. The van der Waals surface area contributed by atoms with Crippen molar-refractivity contribution in [3.8, 4) is 6.07 Å². The average Bonchev–Trinajstić information content (AvgIpc) is 2.62. The quantitative estimate of drug-likeness (QED) is 0.805. The van der Waals surface area contributed by atoms with E-state index in [1.54, 1.807) is 11.3 Å². The van der Waals surface area contributed by atoms with Crippen LogP contribution in [0.1, 0.15) is 21.4 Å². The Labute approximate surface area is 107 Å². The second kappa shape index (κ2) is 5.18. The molecular weight excluding hydrogens is 230 g/mol. The number of hydrogen-bond donors (Lipinski definition) is 0. The van der Waals surface area contributed by atoms with Crippen LogP contribution in [0, 0.1) is 25.2 Å². The highest BCUT2D eigenvalue weighted by Crippen LogP contribution is 2.30. The maximum atomic E-state index is 9.43. The van der Waals surface area contributed by atoms with Crippen molar-refractivity contribution < 1.29 is 0 Å². The highest BCUT2D eigenvalue weighted by Gasteiger charge is 2.25. The van der Waals surface area contributed by atoms with E-state index in [-0.39, 0.29) is 6.04 Å². The first kappa shape index (κ1) is 12.6. The van der Waals surface area contributed by atoms with E-state index in [0.29, 0.717) is 0 Å². The Balaban J connectivity index is 2.17. The molecule has 0 spiro atoms. The third-order valence-electron chi connectivity index (χ3n) is 3.40. The fourth-order valence-electron chi connectivity index (χ4n) is 2.35. The molecule has 1 aromatic rings. The Bertz CT molecular complexity index is 424. The van der Waals surface area contributed by atoms with Crippen LogP contribution in [0.4, 0.5) is 0 Å². The minimum Gasteiger partial charge on any atom is -0.304 e. The van der Waals surface area contributed by atoms with Gasteiger partial charge in [0, 0.05) is 35.9 Å². The van der Waals surface area contributed by atoms with E-state index in [1.807, 2.05) is 0 Å². The van der Waals surface area contributed by atoms with Crippen LogP contribution in [0.2, 0.25) is 0 Å². The lowest BCUT2D eigenvalue weighted by atomic mass is 10.1. The molecule has 92 valence electrons. The van der Waals surface area contributed by atoms with Crippen LogP contribution in [-0.2, 0) is 0 Å². The van der Waals surface area contributed by atoms with Gasteiger partial charge in [0.25, 0.3) is 0 Å². The minimum absolute atomic E-state index is 0.0614. The molecule has 2 rings (SSSR count). The molecule has 1 fully saturated rings. The molecule has 1 saturated heterocycles. The zero-order chi connectivity index (χ0) is 12.4. The Hall–Kier alpha value is -0.890. The molecule has 2 heterocycles. The number of piperazine rings is 1. The lowest BCUT2D eigenvalue weighted by molar-refractivity contribution is 0.133. The van der Waals surface area contributed by atoms with Crippen LogP contribution < -0.4 is 0 Å². The van der Waals surface area contributed by atoms with Crippen molar-refractivity contribution in [1.82, 2.24) is 9.80 Å². The van der Waals surface area contributed by atoms with Gasteiger partial charge in [0.05, 0.1) is 6.07 Å². The van der Waals surface area contributed by atoms with Crippen LogP contribution in [0.15, 0.2) is 6.07 Å². The predicted octanol–water partition coefficient (Wildman–Crippen LogP) is 2.18. The smallest absolute Gasteiger partial charge is 0.125 e. The summed E-state index contributed by atoms with van der Waals surface area (Å²) in [6, 6.07) is 4.58. The van der Waals surface area contributed by atoms with E-state index in [9.17, 15) is 5.26 Å². The van der Waals surface area contributed by atoms with Gasteiger partial charge >= 0.3 is 0 Å². The predicted molar refractivity (Wildman–Crippen MR) is 71.2 cm³/mol. The molecule has 0 bridgehead atoms. The summed E-state index contributed by atoms with van der Waals surface area (Å²) in [4.78, 5) is 7.20. The summed E-state index contributed by atoms with van der Waals surface area (Å²) in [6.45, 7) is 8.32. The average molecular weight is 249 g/mol. The molecule has 1 aromatic heterocycles. The van der Waals surface area contributed by atoms with Crippen molar-refractivity contribution in [1.29, 1.82) is 5.26 Å². The Morgan fingerprint density at radius 1 is 1.29 bits per heavy atom. The summed E-state index contributed by atoms with van der Waals surface area (Å²) >= 11 is 1.79. The molecule has 1 unspecified atom stereocenters. The largest absolute Gasteiger partial charge is 0.304 e. The van der Waals surface area contributed by atoms with E-state index in [0.717, 1.165) is 26.2 Å².